The van der Waals surface area contributed by atoms with Crippen LogP contribution >= 0.6 is 11.8 Å². The fourth-order valence-electron chi connectivity index (χ4n) is 2.64. The summed E-state index contributed by atoms with van der Waals surface area (Å²) >= 11 is 1.46. The van der Waals surface area contributed by atoms with Crippen LogP contribution in [0.3, 0.4) is 0 Å². The quantitative estimate of drug-likeness (QED) is 0.734. The van der Waals surface area contributed by atoms with Crippen LogP contribution in [0.15, 0.2) is 29.4 Å². The van der Waals surface area contributed by atoms with Gasteiger partial charge in [0.1, 0.15) is 5.82 Å². The third-order valence-corrected chi connectivity index (χ3v) is 5.25. The highest BCUT2D eigenvalue weighted by molar-refractivity contribution is 7.99. The monoisotopic (exact) mass is 359 g/mol. The third-order valence-electron chi connectivity index (χ3n) is 4.28. The van der Waals surface area contributed by atoms with E-state index in [1.54, 1.807) is 0 Å². The van der Waals surface area contributed by atoms with Crippen molar-refractivity contribution in [3.05, 3.63) is 35.7 Å². The lowest BCUT2D eigenvalue weighted by molar-refractivity contribution is -0.118. The zero-order chi connectivity index (χ0) is 17.8. The van der Waals surface area contributed by atoms with Crippen LogP contribution in [0.4, 0.5) is 5.69 Å². The smallest absolute Gasteiger partial charge is 0.230 e. The van der Waals surface area contributed by atoms with Crippen molar-refractivity contribution in [3.63, 3.8) is 0 Å². The number of carbonyl (C=O) groups is 1. The number of aromatic nitrogens is 3. The number of amides is 1. The van der Waals surface area contributed by atoms with Gasteiger partial charge >= 0.3 is 0 Å². The van der Waals surface area contributed by atoms with Crippen LogP contribution in [0.25, 0.3) is 0 Å². The Morgan fingerprint density at radius 1 is 1.28 bits per heavy atom. The van der Waals surface area contributed by atoms with Gasteiger partial charge in [-0.25, -0.2) is 0 Å². The van der Waals surface area contributed by atoms with Gasteiger partial charge in [0.05, 0.1) is 5.75 Å². The van der Waals surface area contributed by atoms with E-state index in [1.807, 2.05) is 26.2 Å². The van der Waals surface area contributed by atoms with Crippen molar-refractivity contribution < 1.29 is 4.79 Å². The lowest BCUT2D eigenvalue weighted by Gasteiger charge is -2.13. The van der Waals surface area contributed by atoms with Crippen LogP contribution in [-0.4, -0.2) is 40.5 Å². The number of hydrogen-bond donors (Lipinski definition) is 1. The van der Waals surface area contributed by atoms with Crippen LogP contribution in [0.1, 0.15) is 37.1 Å². The summed E-state index contributed by atoms with van der Waals surface area (Å²) in [5.41, 5.74) is 2.24. The number of carbonyl (C=O) groups excluding carboxylic acids is 1. The molecule has 1 N–H and O–H groups in total. The number of rotatable bonds is 8. The Balaban J connectivity index is 1.48. The molecule has 3 rings (SSSR count). The lowest BCUT2D eigenvalue weighted by Crippen LogP contribution is -2.24. The van der Waals surface area contributed by atoms with Crippen LogP contribution < -0.4 is 10.2 Å². The average Bonchev–Trinajstić information content (AvgIpc) is 3.38. The van der Waals surface area contributed by atoms with Crippen molar-refractivity contribution in [1.29, 1.82) is 0 Å². The Bertz CT molecular complexity index is 722. The highest BCUT2D eigenvalue weighted by Gasteiger charge is 2.30. The first-order valence-electron chi connectivity index (χ1n) is 8.67. The molecule has 1 aliphatic carbocycles. The molecular weight excluding hydrogens is 334 g/mol. The van der Waals surface area contributed by atoms with Crippen molar-refractivity contribution in [2.75, 3.05) is 24.7 Å². The standard InChI is InChI=1S/C18H25N5OS/c1-4-23-17(14-7-8-14)20-21-18(23)25-12-16(24)19-11-13-5-9-15(10-6-13)22(2)3/h5-6,9-10,14H,4,7-8,11-12H2,1-3H3,(H,19,24). The van der Waals surface area contributed by atoms with Crippen LogP contribution in [0, 0.1) is 0 Å². The van der Waals surface area contributed by atoms with Gasteiger partial charge in [-0.15, -0.1) is 10.2 Å². The predicted molar refractivity (Wildman–Crippen MR) is 101 cm³/mol. The van der Waals surface area contributed by atoms with Gasteiger partial charge in [0.2, 0.25) is 5.91 Å². The molecular formula is C18H25N5OS. The van der Waals surface area contributed by atoms with Crippen molar-refractivity contribution in [3.8, 4) is 0 Å². The number of thioether (sulfide) groups is 1. The van der Waals surface area contributed by atoms with E-state index < -0.39 is 0 Å². The van der Waals surface area contributed by atoms with Crippen molar-refractivity contribution >= 4 is 23.4 Å². The average molecular weight is 359 g/mol. The molecule has 1 fully saturated rings. The summed E-state index contributed by atoms with van der Waals surface area (Å²) in [6.45, 7) is 3.48. The van der Waals surface area contributed by atoms with Crippen LogP contribution in [0.5, 0.6) is 0 Å². The maximum atomic E-state index is 12.1. The van der Waals surface area contributed by atoms with E-state index in [2.05, 4.69) is 44.0 Å². The number of nitrogens with zero attached hydrogens (tertiary/aromatic N) is 4. The molecule has 0 aliphatic heterocycles. The molecule has 0 radical (unpaired) electrons. The maximum absolute atomic E-state index is 12.1. The summed E-state index contributed by atoms with van der Waals surface area (Å²) in [6.07, 6.45) is 2.41. The molecule has 6 nitrogen and oxygen atoms in total. The van der Waals surface area contributed by atoms with Gasteiger partial charge in [-0.1, -0.05) is 23.9 Å². The van der Waals surface area contributed by atoms with E-state index in [4.69, 9.17) is 0 Å². The number of hydrogen-bond acceptors (Lipinski definition) is 5. The predicted octanol–water partition coefficient (Wildman–Crippen LogP) is 2.65. The molecule has 7 heteroatoms. The molecule has 1 aromatic heterocycles. The summed E-state index contributed by atoms with van der Waals surface area (Å²) in [5.74, 6) is 2.02. The molecule has 1 amide bonds. The minimum Gasteiger partial charge on any atom is -0.378 e. The van der Waals surface area contributed by atoms with Crippen molar-refractivity contribution in [2.45, 2.75) is 43.9 Å². The van der Waals surface area contributed by atoms with Gasteiger partial charge in [-0.05, 0) is 37.5 Å². The molecule has 0 unspecified atom stereocenters. The topological polar surface area (TPSA) is 63.1 Å². The molecule has 1 heterocycles. The van der Waals surface area contributed by atoms with Gasteiger partial charge in [-0.2, -0.15) is 0 Å². The van der Waals surface area contributed by atoms with E-state index >= 15 is 0 Å². The summed E-state index contributed by atoms with van der Waals surface area (Å²) in [5, 5.41) is 12.4. The normalized spacial score (nSPS) is 13.7. The first-order chi connectivity index (χ1) is 12.1. The SMILES string of the molecule is CCn1c(SCC(=O)NCc2ccc(N(C)C)cc2)nnc1C1CC1. The Morgan fingerprint density at radius 2 is 2.00 bits per heavy atom. The number of anilines is 1. The lowest BCUT2D eigenvalue weighted by atomic mass is 10.2. The zero-order valence-electron chi connectivity index (χ0n) is 15.0. The fourth-order valence-corrected chi connectivity index (χ4v) is 3.48. The Kier molecular flexibility index (Phi) is 5.63. The minimum atomic E-state index is 0.0142. The molecule has 134 valence electrons. The third kappa shape index (κ3) is 4.54. The fraction of sp³-hybridized carbons (Fsp3) is 0.500. The first kappa shape index (κ1) is 17.8. The van der Waals surface area contributed by atoms with Gasteiger partial charge in [0.25, 0.3) is 0 Å². The van der Waals surface area contributed by atoms with Gasteiger partial charge in [-0.3, -0.25) is 4.79 Å². The molecule has 1 saturated carbocycles. The number of nitrogens with one attached hydrogen (secondary N) is 1. The van der Waals surface area contributed by atoms with Crippen LogP contribution in [-0.2, 0) is 17.9 Å². The van der Waals surface area contributed by atoms with E-state index in [0.29, 0.717) is 18.2 Å². The zero-order valence-corrected chi connectivity index (χ0v) is 15.8. The second-order valence-corrected chi connectivity index (χ2v) is 7.43. The largest absolute Gasteiger partial charge is 0.378 e. The summed E-state index contributed by atoms with van der Waals surface area (Å²) < 4.78 is 2.13. The van der Waals surface area contributed by atoms with E-state index in [1.165, 1.54) is 24.6 Å². The molecule has 1 aliphatic rings. The molecule has 0 saturated heterocycles. The molecule has 0 bridgehead atoms. The van der Waals surface area contributed by atoms with Crippen LogP contribution in [0.2, 0.25) is 0 Å². The van der Waals surface area contributed by atoms with E-state index in [0.717, 1.165) is 28.8 Å². The Hall–Kier alpha value is -2.02. The molecule has 0 spiro atoms. The summed E-state index contributed by atoms with van der Waals surface area (Å²) in [6, 6.07) is 8.19. The highest BCUT2D eigenvalue weighted by atomic mass is 32.2. The Morgan fingerprint density at radius 3 is 2.60 bits per heavy atom. The van der Waals surface area contributed by atoms with Gasteiger partial charge in [0.15, 0.2) is 5.16 Å². The first-order valence-corrected chi connectivity index (χ1v) is 9.66. The summed E-state index contributed by atoms with van der Waals surface area (Å²) in [7, 11) is 4.02. The van der Waals surface area contributed by atoms with E-state index in [-0.39, 0.29) is 5.91 Å². The van der Waals surface area contributed by atoms with E-state index in [9.17, 15) is 4.79 Å². The molecule has 2 aromatic rings. The molecule has 0 atom stereocenters. The van der Waals surface area contributed by atoms with Gasteiger partial charge in [0, 0.05) is 38.8 Å². The maximum Gasteiger partial charge on any atom is 0.230 e. The second kappa shape index (κ2) is 7.91. The highest BCUT2D eigenvalue weighted by Crippen LogP contribution is 2.39. The Labute approximate surface area is 153 Å². The second-order valence-electron chi connectivity index (χ2n) is 6.49. The van der Waals surface area contributed by atoms with Crippen molar-refractivity contribution in [1.82, 2.24) is 20.1 Å². The molecule has 25 heavy (non-hydrogen) atoms. The number of benzene rings is 1. The summed E-state index contributed by atoms with van der Waals surface area (Å²) in [4.78, 5) is 14.2. The molecule has 1 aromatic carbocycles. The van der Waals surface area contributed by atoms with Gasteiger partial charge < -0.3 is 14.8 Å². The van der Waals surface area contributed by atoms with Crippen molar-refractivity contribution in [2.24, 2.45) is 0 Å². The minimum absolute atomic E-state index is 0.0142.